The highest BCUT2D eigenvalue weighted by Gasteiger charge is 2.39. The molecule has 0 bridgehead atoms. The van der Waals surface area contributed by atoms with Crippen LogP contribution in [0.15, 0.2) is 18.2 Å². The second-order valence-electron chi connectivity index (χ2n) is 8.26. The average Bonchev–Trinajstić information content (AvgIpc) is 3.19. The molecule has 1 aliphatic carbocycles. The quantitative estimate of drug-likeness (QED) is 0.616. The monoisotopic (exact) mass is 432 g/mol. The van der Waals surface area contributed by atoms with Crippen molar-refractivity contribution in [3.05, 3.63) is 18.2 Å². The van der Waals surface area contributed by atoms with Crippen LogP contribution in [0.25, 0.3) is 0 Å². The van der Waals surface area contributed by atoms with Crippen molar-refractivity contribution in [3.8, 4) is 11.5 Å². The van der Waals surface area contributed by atoms with Crippen molar-refractivity contribution in [2.45, 2.75) is 57.6 Å². The zero-order valence-electron chi connectivity index (χ0n) is 18.8. The number of rotatable bonds is 7. The molecule has 2 fully saturated rings. The highest BCUT2D eigenvalue weighted by Crippen LogP contribution is 2.36. The van der Waals surface area contributed by atoms with E-state index in [1.165, 1.54) is 18.4 Å². The van der Waals surface area contributed by atoms with Gasteiger partial charge in [-0.2, -0.15) is 0 Å². The predicted octanol–water partition coefficient (Wildman–Crippen LogP) is 2.78. The predicted molar refractivity (Wildman–Crippen MR) is 115 cm³/mol. The number of benzene rings is 1. The van der Waals surface area contributed by atoms with E-state index in [4.69, 9.17) is 14.2 Å². The largest absolute Gasteiger partial charge is 0.497 e. The number of carbonyl (C=O) groups is 3. The van der Waals surface area contributed by atoms with Gasteiger partial charge >= 0.3 is 5.97 Å². The second-order valence-corrected chi connectivity index (χ2v) is 8.26. The van der Waals surface area contributed by atoms with E-state index in [0.29, 0.717) is 17.2 Å². The lowest BCUT2D eigenvalue weighted by atomic mass is 9.94. The lowest BCUT2D eigenvalue weighted by molar-refractivity contribution is -0.162. The Labute approximate surface area is 183 Å². The van der Waals surface area contributed by atoms with E-state index in [1.54, 1.807) is 44.2 Å². The Bertz CT molecular complexity index is 820. The number of ether oxygens (including phenoxy) is 3. The first-order valence-electron chi connectivity index (χ1n) is 10.8. The number of anilines is 1. The molecule has 0 unspecified atom stereocenters. The van der Waals surface area contributed by atoms with E-state index in [9.17, 15) is 14.4 Å². The number of esters is 1. The van der Waals surface area contributed by atoms with Gasteiger partial charge in [0.25, 0.3) is 5.91 Å². The number of nitrogens with zero attached hydrogens (tertiary/aromatic N) is 2. The summed E-state index contributed by atoms with van der Waals surface area (Å²) < 4.78 is 16.1. The van der Waals surface area contributed by atoms with Crippen molar-refractivity contribution >= 4 is 23.5 Å². The third-order valence-corrected chi connectivity index (χ3v) is 6.25. The van der Waals surface area contributed by atoms with Gasteiger partial charge < -0.3 is 24.0 Å². The Hall–Kier alpha value is -2.77. The van der Waals surface area contributed by atoms with E-state index < -0.39 is 18.0 Å². The summed E-state index contributed by atoms with van der Waals surface area (Å²) in [5.74, 6) is -0.449. The second kappa shape index (κ2) is 10.0. The highest BCUT2D eigenvalue weighted by atomic mass is 16.5. The maximum atomic E-state index is 12.7. The molecule has 8 heteroatoms. The number of hydrogen-bond acceptors (Lipinski definition) is 6. The van der Waals surface area contributed by atoms with Gasteiger partial charge in [-0.3, -0.25) is 14.4 Å². The van der Waals surface area contributed by atoms with E-state index in [2.05, 4.69) is 0 Å². The van der Waals surface area contributed by atoms with Gasteiger partial charge in [0, 0.05) is 32.1 Å². The zero-order valence-corrected chi connectivity index (χ0v) is 18.8. The molecule has 1 saturated heterocycles. The first kappa shape index (κ1) is 22.9. The van der Waals surface area contributed by atoms with Gasteiger partial charge in [-0.1, -0.05) is 19.3 Å². The van der Waals surface area contributed by atoms with Crippen molar-refractivity contribution in [3.63, 3.8) is 0 Å². The van der Waals surface area contributed by atoms with Crippen LogP contribution in [-0.4, -0.2) is 62.6 Å². The molecule has 1 aromatic carbocycles. The molecule has 31 heavy (non-hydrogen) atoms. The van der Waals surface area contributed by atoms with Gasteiger partial charge in [-0.15, -0.1) is 0 Å². The van der Waals surface area contributed by atoms with E-state index >= 15 is 0 Å². The topological polar surface area (TPSA) is 85.4 Å². The zero-order chi connectivity index (χ0) is 22.5. The molecule has 0 radical (unpaired) electrons. The average molecular weight is 433 g/mol. The molecule has 1 aromatic rings. The maximum Gasteiger partial charge on any atom is 0.312 e. The summed E-state index contributed by atoms with van der Waals surface area (Å²) >= 11 is 0. The molecule has 3 rings (SSSR count). The molecule has 0 N–H and O–H groups in total. The van der Waals surface area contributed by atoms with Gasteiger partial charge in [-0.05, 0) is 31.9 Å². The van der Waals surface area contributed by atoms with E-state index in [0.717, 1.165) is 25.7 Å². The Kier molecular flexibility index (Phi) is 7.41. The van der Waals surface area contributed by atoms with Crippen LogP contribution in [0.1, 0.15) is 45.4 Å². The summed E-state index contributed by atoms with van der Waals surface area (Å²) in [6.45, 7) is 1.78. The fourth-order valence-electron chi connectivity index (χ4n) is 4.36. The van der Waals surface area contributed by atoms with Crippen LogP contribution in [0.3, 0.4) is 0 Å². The SMILES string of the molecule is COc1ccc(N2C[C@@H](C(=O)O[C@H](C)C(=O)N(C)C3CCCCC3)CC2=O)c(OC)c1. The summed E-state index contributed by atoms with van der Waals surface area (Å²) in [7, 11) is 4.84. The van der Waals surface area contributed by atoms with Crippen LogP contribution in [0.5, 0.6) is 11.5 Å². The highest BCUT2D eigenvalue weighted by molar-refractivity contribution is 6.01. The lowest BCUT2D eigenvalue weighted by Crippen LogP contribution is -2.44. The Balaban J connectivity index is 1.61. The maximum absolute atomic E-state index is 12.7. The van der Waals surface area contributed by atoms with Crippen LogP contribution in [0.4, 0.5) is 5.69 Å². The molecule has 1 saturated carbocycles. The molecule has 170 valence electrons. The first-order valence-corrected chi connectivity index (χ1v) is 10.8. The Morgan fingerprint density at radius 3 is 2.48 bits per heavy atom. The number of amides is 2. The molecule has 1 heterocycles. The molecule has 8 nitrogen and oxygen atoms in total. The van der Waals surface area contributed by atoms with Crippen molar-refractivity contribution in [2.75, 3.05) is 32.7 Å². The normalized spacial score (nSPS) is 20.3. The summed E-state index contributed by atoms with van der Waals surface area (Å²) in [4.78, 5) is 41.3. The van der Waals surface area contributed by atoms with Crippen LogP contribution in [0, 0.1) is 5.92 Å². The molecule has 0 aromatic heterocycles. The van der Waals surface area contributed by atoms with Gasteiger partial charge in [0.1, 0.15) is 11.5 Å². The van der Waals surface area contributed by atoms with E-state index in [1.807, 2.05) is 0 Å². The third kappa shape index (κ3) is 5.11. The summed E-state index contributed by atoms with van der Waals surface area (Å²) in [6.07, 6.45) is 4.56. The van der Waals surface area contributed by atoms with Gasteiger partial charge in [0.2, 0.25) is 5.91 Å². The molecule has 2 atom stereocenters. The minimum absolute atomic E-state index is 0.0351. The molecule has 2 amide bonds. The fraction of sp³-hybridized carbons (Fsp3) is 0.609. The van der Waals surface area contributed by atoms with Gasteiger partial charge in [-0.25, -0.2) is 0 Å². The van der Waals surface area contributed by atoms with Crippen LogP contribution in [-0.2, 0) is 19.1 Å². The van der Waals surface area contributed by atoms with Crippen molar-refractivity contribution in [1.29, 1.82) is 0 Å². The third-order valence-electron chi connectivity index (χ3n) is 6.25. The summed E-state index contributed by atoms with van der Waals surface area (Å²) in [5.41, 5.74) is 0.574. The number of likely N-dealkylation sites (N-methyl/N-ethyl adjacent to an activating group) is 1. The van der Waals surface area contributed by atoms with E-state index in [-0.39, 0.29) is 30.8 Å². The number of carbonyl (C=O) groups excluding carboxylic acids is 3. The summed E-state index contributed by atoms with van der Waals surface area (Å²) in [5, 5.41) is 0. The first-order chi connectivity index (χ1) is 14.8. The van der Waals surface area contributed by atoms with Crippen molar-refractivity contribution in [2.24, 2.45) is 5.92 Å². The van der Waals surface area contributed by atoms with Crippen LogP contribution < -0.4 is 14.4 Å². The van der Waals surface area contributed by atoms with Crippen molar-refractivity contribution in [1.82, 2.24) is 4.90 Å². The number of methoxy groups -OCH3 is 2. The molecule has 1 aliphatic heterocycles. The standard InChI is InChI=1S/C23H32N2O6/c1-15(22(27)24(2)17-8-6-5-7-9-17)31-23(28)16-12-21(26)25(14-16)19-11-10-18(29-3)13-20(19)30-4/h10-11,13,15-17H,5-9,12,14H2,1-4H3/t15-,16+/m1/s1. The molecule has 0 spiro atoms. The van der Waals surface area contributed by atoms with Crippen molar-refractivity contribution < 1.29 is 28.6 Å². The smallest absolute Gasteiger partial charge is 0.312 e. The Morgan fingerprint density at radius 1 is 1.13 bits per heavy atom. The van der Waals surface area contributed by atoms with Crippen LogP contribution in [0.2, 0.25) is 0 Å². The Morgan fingerprint density at radius 2 is 1.84 bits per heavy atom. The lowest BCUT2D eigenvalue weighted by Gasteiger charge is -2.32. The fourth-order valence-corrected chi connectivity index (χ4v) is 4.36. The summed E-state index contributed by atoms with van der Waals surface area (Å²) in [6, 6.07) is 5.36. The molecular weight excluding hydrogens is 400 g/mol. The van der Waals surface area contributed by atoms with Gasteiger partial charge in [0.15, 0.2) is 6.10 Å². The van der Waals surface area contributed by atoms with Crippen LogP contribution >= 0.6 is 0 Å². The number of hydrogen-bond donors (Lipinski definition) is 0. The van der Waals surface area contributed by atoms with Gasteiger partial charge in [0.05, 0.1) is 25.8 Å². The molecular formula is C23H32N2O6. The minimum atomic E-state index is -0.876. The minimum Gasteiger partial charge on any atom is -0.497 e. The molecule has 2 aliphatic rings.